The fraction of sp³-hybridized carbons (Fsp3) is 0.577. The number of hydrogen-bond acceptors (Lipinski definition) is 5. The summed E-state index contributed by atoms with van der Waals surface area (Å²) in [6, 6.07) is 6.29. The molecule has 7 heteroatoms. The first kappa shape index (κ1) is 25.8. The molecule has 1 aliphatic carbocycles. The molecule has 0 saturated carbocycles. The lowest BCUT2D eigenvalue weighted by Gasteiger charge is -2.46. The van der Waals surface area contributed by atoms with Gasteiger partial charge in [-0.15, -0.1) is 11.8 Å². The van der Waals surface area contributed by atoms with Crippen molar-refractivity contribution in [3.8, 4) is 0 Å². The molecular formula is C26H41N3O2SSi. The van der Waals surface area contributed by atoms with Gasteiger partial charge < -0.3 is 14.2 Å². The summed E-state index contributed by atoms with van der Waals surface area (Å²) in [6.45, 7) is 13.3. The van der Waals surface area contributed by atoms with Crippen molar-refractivity contribution < 1.29 is 9.22 Å². The van der Waals surface area contributed by atoms with E-state index in [1.165, 1.54) is 5.70 Å². The summed E-state index contributed by atoms with van der Waals surface area (Å²) in [5, 5.41) is 0.137. The molecule has 1 aromatic carbocycles. The van der Waals surface area contributed by atoms with Crippen LogP contribution < -0.4 is 9.80 Å². The van der Waals surface area contributed by atoms with Crippen molar-refractivity contribution in [2.75, 3.05) is 38.0 Å². The van der Waals surface area contributed by atoms with Crippen LogP contribution in [0.3, 0.4) is 0 Å². The van der Waals surface area contributed by atoms with Crippen molar-refractivity contribution in [2.24, 2.45) is 0 Å². The lowest BCUT2D eigenvalue weighted by atomic mass is 10.0. The molecule has 5 nitrogen and oxygen atoms in total. The van der Waals surface area contributed by atoms with Gasteiger partial charge in [-0.05, 0) is 47.0 Å². The maximum Gasteiger partial charge on any atom is 0.401 e. The minimum absolute atomic E-state index is 0.0675. The summed E-state index contributed by atoms with van der Waals surface area (Å²) >= 11 is 1.83. The van der Waals surface area contributed by atoms with Gasteiger partial charge in [-0.3, -0.25) is 4.90 Å². The number of hydrogen-bond donors (Lipinski definition) is 0. The van der Waals surface area contributed by atoms with Crippen molar-refractivity contribution in [1.29, 1.82) is 0 Å². The number of benzene rings is 1. The Labute approximate surface area is 206 Å². The highest BCUT2D eigenvalue weighted by Crippen LogP contribution is 2.48. The summed E-state index contributed by atoms with van der Waals surface area (Å²) in [4.78, 5) is 21.3. The molecule has 1 amide bonds. The van der Waals surface area contributed by atoms with Crippen LogP contribution in [0.25, 0.3) is 0 Å². The van der Waals surface area contributed by atoms with Crippen LogP contribution in [0.1, 0.15) is 41.5 Å². The van der Waals surface area contributed by atoms with E-state index in [1.54, 1.807) is 0 Å². The maximum absolute atomic E-state index is 14.0. The molecule has 0 aromatic heterocycles. The smallest absolute Gasteiger partial charge is 0.401 e. The van der Waals surface area contributed by atoms with E-state index in [4.69, 9.17) is 4.43 Å². The van der Waals surface area contributed by atoms with Crippen LogP contribution in [0.5, 0.6) is 0 Å². The minimum atomic E-state index is -2.37. The van der Waals surface area contributed by atoms with Gasteiger partial charge in [-0.1, -0.05) is 47.6 Å². The predicted molar refractivity (Wildman–Crippen MR) is 145 cm³/mol. The lowest BCUT2D eigenvalue weighted by molar-refractivity contribution is 0.199. The molecule has 0 saturated heterocycles. The number of carbonyl (C=O) groups is 1. The third-order valence-electron chi connectivity index (χ3n) is 7.10. The fourth-order valence-electron chi connectivity index (χ4n) is 5.42. The molecule has 1 aromatic rings. The molecule has 2 aliphatic rings. The largest absolute Gasteiger partial charge is 0.502 e. The molecule has 1 aliphatic heterocycles. The van der Waals surface area contributed by atoms with E-state index >= 15 is 0 Å². The van der Waals surface area contributed by atoms with E-state index in [1.807, 2.05) is 30.8 Å². The molecule has 2 atom stereocenters. The maximum atomic E-state index is 14.0. The van der Waals surface area contributed by atoms with Gasteiger partial charge in [0.05, 0.1) is 17.0 Å². The zero-order valence-corrected chi connectivity index (χ0v) is 23.7. The molecular weight excluding hydrogens is 446 g/mol. The number of nitrogens with zero attached hydrogens (tertiary/aromatic N) is 3. The van der Waals surface area contributed by atoms with Gasteiger partial charge in [-0.2, -0.15) is 0 Å². The van der Waals surface area contributed by atoms with Crippen LogP contribution in [0.15, 0.2) is 47.0 Å². The highest BCUT2D eigenvalue weighted by Gasteiger charge is 2.50. The fourth-order valence-corrected chi connectivity index (χ4v) is 11.9. The van der Waals surface area contributed by atoms with Crippen LogP contribution in [0.4, 0.5) is 16.2 Å². The van der Waals surface area contributed by atoms with Crippen LogP contribution in [-0.2, 0) is 4.43 Å². The Morgan fingerprint density at radius 3 is 2.12 bits per heavy atom. The van der Waals surface area contributed by atoms with Gasteiger partial charge in [0.15, 0.2) is 0 Å². The van der Waals surface area contributed by atoms with E-state index in [9.17, 15) is 4.79 Å². The number of anilines is 2. The Bertz CT molecular complexity index is 918. The zero-order valence-electron chi connectivity index (χ0n) is 21.9. The van der Waals surface area contributed by atoms with Crippen molar-refractivity contribution in [1.82, 2.24) is 4.90 Å². The first-order chi connectivity index (χ1) is 15.4. The number of carbonyl (C=O) groups excluding carboxylic acids is 1. The average molecular weight is 488 g/mol. The number of amides is 1. The normalized spacial score (nSPS) is 20.0. The summed E-state index contributed by atoms with van der Waals surface area (Å²) in [5.74, 6) is 0. The van der Waals surface area contributed by atoms with Crippen molar-refractivity contribution in [3.63, 3.8) is 0 Å². The standard InChI is InChI=1S/C26H41N3O2SSi/c1-17(2)33(18(3)4,19(5)6)31-26(30)29-22-13-11-20(27(7)8)15-24(22)32-25-16-21(28(9)10)12-14-23(25)29/h11-19,22,24H,1-10H3. The number of fused-ring (bicyclic) bond motifs is 2. The number of thioether (sulfide) groups is 1. The summed E-state index contributed by atoms with van der Waals surface area (Å²) in [7, 11) is 5.84. The number of rotatable bonds is 6. The third kappa shape index (κ3) is 4.71. The lowest BCUT2D eigenvalue weighted by Crippen LogP contribution is -2.55. The van der Waals surface area contributed by atoms with Crippen LogP contribution in [0, 0.1) is 0 Å². The molecule has 0 fully saturated rings. The molecule has 0 spiro atoms. The summed E-state index contributed by atoms with van der Waals surface area (Å²) in [5.41, 5.74) is 4.27. The van der Waals surface area contributed by atoms with Crippen molar-refractivity contribution in [3.05, 3.63) is 42.1 Å². The molecule has 33 heavy (non-hydrogen) atoms. The van der Waals surface area contributed by atoms with Crippen molar-refractivity contribution in [2.45, 2.75) is 74.4 Å². The molecule has 1 heterocycles. The zero-order chi connectivity index (χ0) is 24.7. The minimum Gasteiger partial charge on any atom is -0.502 e. The van der Waals surface area contributed by atoms with Gasteiger partial charge >= 0.3 is 6.09 Å². The van der Waals surface area contributed by atoms with Crippen LogP contribution in [0.2, 0.25) is 16.6 Å². The molecule has 182 valence electrons. The van der Waals surface area contributed by atoms with Gasteiger partial charge in [-0.25, -0.2) is 4.79 Å². The molecule has 0 bridgehead atoms. The molecule has 2 unspecified atom stereocenters. The topological polar surface area (TPSA) is 36.0 Å². The predicted octanol–water partition coefficient (Wildman–Crippen LogP) is 6.73. The highest BCUT2D eigenvalue weighted by molar-refractivity contribution is 8.00. The number of likely N-dealkylation sites (N-methyl/N-ethyl adjacent to an activating group) is 1. The van der Waals surface area contributed by atoms with E-state index in [2.05, 4.69) is 102 Å². The van der Waals surface area contributed by atoms with Gasteiger partial charge in [0.2, 0.25) is 0 Å². The first-order valence-corrected chi connectivity index (χ1v) is 15.0. The van der Waals surface area contributed by atoms with Crippen molar-refractivity contribution >= 4 is 37.5 Å². The van der Waals surface area contributed by atoms with Gasteiger partial charge in [0, 0.05) is 44.5 Å². The second-order valence-electron chi connectivity index (χ2n) is 10.5. The van der Waals surface area contributed by atoms with Gasteiger partial charge in [0.1, 0.15) is 0 Å². The van der Waals surface area contributed by atoms with Gasteiger partial charge in [0.25, 0.3) is 8.32 Å². The molecule has 0 N–H and O–H groups in total. The summed E-state index contributed by atoms with van der Waals surface area (Å²) in [6.07, 6.45) is 6.37. The third-order valence-corrected chi connectivity index (χ3v) is 14.3. The highest BCUT2D eigenvalue weighted by atomic mass is 32.2. The average Bonchev–Trinajstić information content (AvgIpc) is 2.73. The Morgan fingerprint density at radius 2 is 1.61 bits per heavy atom. The molecule has 0 radical (unpaired) electrons. The van der Waals surface area contributed by atoms with E-state index in [0.717, 1.165) is 16.3 Å². The molecule has 3 rings (SSSR count). The Balaban J connectivity index is 2.09. The second-order valence-corrected chi connectivity index (χ2v) is 17.1. The van der Waals surface area contributed by atoms with E-state index in [-0.39, 0.29) is 17.4 Å². The second kappa shape index (κ2) is 9.78. The summed E-state index contributed by atoms with van der Waals surface area (Å²) < 4.78 is 6.66. The Morgan fingerprint density at radius 1 is 1.00 bits per heavy atom. The van der Waals surface area contributed by atoms with E-state index < -0.39 is 8.32 Å². The quantitative estimate of drug-likeness (QED) is 0.416. The van der Waals surface area contributed by atoms with Crippen LogP contribution in [-0.4, -0.2) is 58.8 Å². The van der Waals surface area contributed by atoms with Crippen LogP contribution >= 0.6 is 11.8 Å². The Kier molecular flexibility index (Phi) is 7.64. The SMILES string of the molecule is CC(C)[Si](OC(=O)N1c2ccc(N(C)C)cc2SC2C=C(N(C)C)C=CC21)(C(C)C)C(C)C. The Hall–Kier alpha value is -1.86. The monoisotopic (exact) mass is 487 g/mol. The first-order valence-electron chi connectivity index (χ1n) is 12.0. The number of allylic oxidation sites excluding steroid dienone is 1. The van der Waals surface area contributed by atoms with E-state index in [0.29, 0.717) is 16.6 Å².